The van der Waals surface area contributed by atoms with Gasteiger partial charge in [-0.1, -0.05) is 0 Å². The van der Waals surface area contributed by atoms with Crippen LogP contribution in [0.2, 0.25) is 0 Å². The van der Waals surface area contributed by atoms with Gasteiger partial charge in [0.25, 0.3) is 5.95 Å². The largest absolute Gasteiger partial charge is 0.474 e. The molecule has 0 atom stereocenters. The molecule has 2 saturated carbocycles. The average Bonchev–Trinajstić information content (AvgIpc) is 3.02. The molecule has 2 fully saturated rings. The second-order valence-electron chi connectivity index (χ2n) is 7.38. The summed E-state index contributed by atoms with van der Waals surface area (Å²) in [6.07, 6.45) is 1.87. The van der Waals surface area contributed by atoms with E-state index in [0.29, 0.717) is 43.3 Å². The summed E-state index contributed by atoms with van der Waals surface area (Å²) in [6, 6.07) is 3.38. The van der Waals surface area contributed by atoms with E-state index in [1.54, 1.807) is 12.3 Å². The van der Waals surface area contributed by atoms with E-state index >= 15 is 0 Å². The first-order valence-corrected chi connectivity index (χ1v) is 9.23. The number of nitrogens with zero attached hydrogens (tertiary/aromatic N) is 4. The van der Waals surface area contributed by atoms with E-state index in [1.165, 1.54) is 4.68 Å². The summed E-state index contributed by atoms with van der Waals surface area (Å²) in [7, 11) is 0. The van der Waals surface area contributed by atoms with Gasteiger partial charge in [-0.3, -0.25) is 0 Å². The Morgan fingerprint density at radius 3 is 2.59 bits per heavy atom. The summed E-state index contributed by atoms with van der Waals surface area (Å²) in [5.74, 6) is -1.44. The highest BCUT2D eigenvalue weighted by atomic mass is 19.3. The van der Waals surface area contributed by atoms with Gasteiger partial charge >= 0.3 is 0 Å². The lowest BCUT2D eigenvalue weighted by atomic mass is 9.92. The van der Waals surface area contributed by atoms with Gasteiger partial charge in [0.15, 0.2) is 0 Å². The summed E-state index contributed by atoms with van der Waals surface area (Å²) in [5, 5.41) is 7.52. The number of ether oxygens (including phenoxy) is 1. The average molecular weight is 381 g/mol. The van der Waals surface area contributed by atoms with E-state index in [0.717, 1.165) is 5.69 Å². The van der Waals surface area contributed by atoms with Gasteiger partial charge in [0, 0.05) is 44.0 Å². The smallest absolute Gasteiger partial charge is 0.255 e. The third-order valence-corrected chi connectivity index (χ3v) is 5.01. The molecule has 1 N–H and O–H groups in total. The van der Waals surface area contributed by atoms with Crippen LogP contribution in [0.15, 0.2) is 18.3 Å². The van der Waals surface area contributed by atoms with E-state index < -0.39 is 12.1 Å². The number of halogens is 3. The predicted molar refractivity (Wildman–Crippen MR) is 93.3 cm³/mol. The quantitative estimate of drug-likeness (QED) is 0.853. The fourth-order valence-electron chi connectivity index (χ4n) is 3.34. The molecule has 0 amide bonds. The molecule has 146 valence electrons. The number of nitrogens with one attached hydrogen (secondary N) is 1. The van der Waals surface area contributed by atoms with Gasteiger partial charge in [-0.15, -0.1) is 0 Å². The van der Waals surface area contributed by atoms with Gasteiger partial charge in [0.2, 0.25) is 11.8 Å². The molecule has 0 saturated heterocycles. The van der Waals surface area contributed by atoms with Crippen molar-refractivity contribution in [3.63, 3.8) is 0 Å². The van der Waals surface area contributed by atoms with Crippen molar-refractivity contribution in [3.05, 3.63) is 24.0 Å². The first-order valence-electron chi connectivity index (χ1n) is 9.23. The molecule has 27 heavy (non-hydrogen) atoms. The van der Waals surface area contributed by atoms with Crippen LogP contribution in [0, 0.1) is 6.92 Å². The lowest BCUT2D eigenvalue weighted by Gasteiger charge is -2.30. The van der Waals surface area contributed by atoms with Crippen LogP contribution in [0.3, 0.4) is 0 Å². The summed E-state index contributed by atoms with van der Waals surface area (Å²) < 4.78 is 47.1. The number of aryl methyl sites for hydroxylation is 1. The van der Waals surface area contributed by atoms with Crippen molar-refractivity contribution in [3.8, 4) is 11.8 Å². The third kappa shape index (κ3) is 4.33. The lowest BCUT2D eigenvalue weighted by Crippen LogP contribution is -2.35. The Bertz CT molecular complexity index is 796. The van der Waals surface area contributed by atoms with E-state index in [1.807, 2.05) is 13.0 Å². The molecular weight excluding hydrogens is 359 g/mol. The van der Waals surface area contributed by atoms with Crippen molar-refractivity contribution >= 4 is 5.82 Å². The normalized spacial score (nSPS) is 25.0. The Hall–Kier alpha value is -2.32. The third-order valence-electron chi connectivity index (χ3n) is 5.01. The van der Waals surface area contributed by atoms with Crippen LogP contribution in [0.5, 0.6) is 5.88 Å². The highest BCUT2D eigenvalue weighted by Crippen LogP contribution is 2.34. The van der Waals surface area contributed by atoms with E-state index in [2.05, 4.69) is 20.4 Å². The van der Waals surface area contributed by atoms with Crippen LogP contribution in [0.4, 0.5) is 19.0 Å². The number of alkyl halides is 3. The van der Waals surface area contributed by atoms with Gasteiger partial charge < -0.3 is 10.1 Å². The molecule has 4 rings (SSSR count). The molecule has 2 aromatic heterocycles. The predicted octanol–water partition coefficient (Wildman–Crippen LogP) is 3.84. The van der Waals surface area contributed by atoms with Gasteiger partial charge in [-0.05, 0) is 25.8 Å². The van der Waals surface area contributed by atoms with Gasteiger partial charge in [-0.25, -0.2) is 17.9 Å². The Kier molecular flexibility index (Phi) is 4.69. The molecule has 0 aliphatic heterocycles. The second-order valence-corrected chi connectivity index (χ2v) is 7.38. The molecule has 2 aliphatic rings. The maximum atomic E-state index is 13.4. The fourth-order valence-corrected chi connectivity index (χ4v) is 3.34. The number of hydrogen-bond acceptors (Lipinski definition) is 5. The number of aromatic nitrogens is 4. The van der Waals surface area contributed by atoms with Crippen LogP contribution < -0.4 is 10.1 Å². The fraction of sp³-hybridized carbons (Fsp3) is 0.611. The highest BCUT2D eigenvalue weighted by molar-refractivity contribution is 5.42. The van der Waals surface area contributed by atoms with E-state index in [9.17, 15) is 13.2 Å². The van der Waals surface area contributed by atoms with Crippen molar-refractivity contribution in [2.45, 2.75) is 69.7 Å². The summed E-state index contributed by atoms with van der Waals surface area (Å²) in [6.45, 7) is 1.86. The Morgan fingerprint density at radius 1 is 1.22 bits per heavy atom. The van der Waals surface area contributed by atoms with Gasteiger partial charge in [0.05, 0.1) is 5.69 Å². The standard InChI is InChI=1S/C18H22F3N5O/c1-11-4-7-26(25-11)17-23-15(22-13-2-5-18(20,21)6-3-13)10-16(24-17)27-14-8-12(19)9-14/h4,7,10,12-14H,2-3,5-6,8-9H2,1H3,(H,22,23,24). The molecule has 2 aliphatic carbocycles. The Labute approximate surface area is 155 Å². The molecule has 6 nitrogen and oxygen atoms in total. The summed E-state index contributed by atoms with van der Waals surface area (Å²) in [5.41, 5.74) is 0.813. The van der Waals surface area contributed by atoms with Crippen molar-refractivity contribution in [1.82, 2.24) is 19.7 Å². The molecule has 0 aromatic carbocycles. The zero-order chi connectivity index (χ0) is 19.0. The second kappa shape index (κ2) is 7.01. The van der Waals surface area contributed by atoms with Gasteiger partial charge in [-0.2, -0.15) is 15.1 Å². The minimum atomic E-state index is -2.58. The summed E-state index contributed by atoms with van der Waals surface area (Å²) >= 11 is 0. The maximum absolute atomic E-state index is 13.4. The van der Waals surface area contributed by atoms with Crippen molar-refractivity contribution in [1.29, 1.82) is 0 Å². The lowest BCUT2D eigenvalue weighted by molar-refractivity contribution is -0.0361. The molecule has 0 radical (unpaired) electrons. The molecule has 2 heterocycles. The van der Waals surface area contributed by atoms with Crippen molar-refractivity contribution in [2.75, 3.05) is 5.32 Å². The molecule has 0 bridgehead atoms. The van der Waals surface area contributed by atoms with Crippen LogP contribution in [0.25, 0.3) is 5.95 Å². The van der Waals surface area contributed by atoms with Crippen LogP contribution in [0.1, 0.15) is 44.2 Å². The molecule has 0 spiro atoms. The zero-order valence-corrected chi connectivity index (χ0v) is 15.0. The van der Waals surface area contributed by atoms with Crippen molar-refractivity contribution in [2.24, 2.45) is 0 Å². The van der Waals surface area contributed by atoms with Crippen LogP contribution >= 0.6 is 0 Å². The first kappa shape index (κ1) is 18.1. The first-order chi connectivity index (χ1) is 12.9. The highest BCUT2D eigenvalue weighted by Gasteiger charge is 2.35. The number of rotatable bonds is 5. The van der Waals surface area contributed by atoms with E-state index in [-0.39, 0.29) is 25.0 Å². The maximum Gasteiger partial charge on any atom is 0.255 e. The minimum absolute atomic E-state index is 0.0847. The van der Waals surface area contributed by atoms with Crippen LogP contribution in [-0.4, -0.2) is 44.0 Å². The molecule has 9 heteroatoms. The van der Waals surface area contributed by atoms with E-state index in [4.69, 9.17) is 4.74 Å². The topological polar surface area (TPSA) is 64.9 Å². The Morgan fingerprint density at radius 2 is 1.96 bits per heavy atom. The molecule has 2 aromatic rings. The molecular formula is C18H22F3N5O. The Balaban J connectivity index is 1.54. The SMILES string of the molecule is Cc1ccn(-c2nc(NC3CCC(F)(F)CC3)cc(OC3CC(F)C3)n2)n1. The molecule has 0 unspecified atom stereocenters. The van der Waals surface area contributed by atoms with Gasteiger partial charge in [0.1, 0.15) is 18.1 Å². The zero-order valence-electron chi connectivity index (χ0n) is 15.0. The van der Waals surface area contributed by atoms with Crippen LogP contribution in [-0.2, 0) is 0 Å². The monoisotopic (exact) mass is 381 g/mol. The minimum Gasteiger partial charge on any atom is -0.474 e. The number of anilines is 1. The number of hydrogen-bond donors (Lipinski definition) is 1. The van der Waals surface area contributed by atoms with Crippen molar-refractivity contribution < 1.29 is 17.9 Å². The summed E-state index contributed by atoms with van der Waals surface area (Å²) in [4.78, 5) is 8.81.